The molecule has 0 saturated carbocycles. The zero-order valence-corrected chi connectivity index (χ0v) is 8.74. The van der Waals surface area contributed by atoms with Crippen molar-refractivity contribution >= 4 is 6.08 Å². The van der Waals surface area contributed by atoms with Crippen LogP contribution in [0.2, 0.25) is 0 Å². The van der Waals surface area contributed by atoms with E-state index in [9.17, 15) is 0 Å². The Bertz CT molecular complexity index is 345. The third-order valence-electron chi connectivity index (χ3n) is 2.07. The molecule has 0 unspecified atom stereocenters. The van der Waals surface area contributed by atoms with Gasteiger partial charge in [-0.1, -0.05) is 6.08 Å². The van der Waals surface area contributed by atoms with Crippen molar-refractivity contribution in [3.63, 3.8) is 0 Å². The zero-order chi connectivity index (χ0) is 10.6. The first-order chi connectivity index (χ1) is 6.70. The first kappa shape index (κ1) is 10.7. The third kappa shape index (κ3) is 2.12. The van der Waals surface area contributed by atoms with E-state index in [1.165, 1.54) is 0 Å². The molecule has 0 saturated heterocycles. The summed E-state index contributed by atoms with van der Waals surface area (Å²) in [7, 11) is 1.65. The highest BCUT2D eigenvalue weighted by atomic mass is 16.5. The summed E-state index contributed by atoms with van der Waals surface area (Å²) in [6.07, 6.45) is 5.21. The van der Waals surface area contributed by atoms with Gasteiger partial charge in [0, 0.05) is 17.3 Å². The number of hydrogen-bond donors (Lipinski definition) is 1. The Morgan fingerprint density at radius 1 is 1.50 bits per heavy atom. The van der Waals surface area contributed by atoms with Gasteiger partial charge in [-0.15, -0.1) is 0 Å². The van der Waals surface area contributed by atoms with Crippen LogP contribution in [0.3, 0.4) is 0 Å². The van der Waals surface area contributed by atoms with E-state index in [0.717, 1.165) is 22.6 Å². The predicted octanol–water partition coefficient (Wildman–Crippen LogP) is 1.71. The van der Waals surface area contributed by atoms with Crippen LogP contribution in [0.1, 0.15) is 16.8 Å². The molecule has 1 heterocycles. The molecule has 0 atom stereocenters. The van der Waals surface area contributed by atoms with E-state index in [1.54, 1.807) is 25.5 Å². The summed E-state index contributed by atoms with van der Waals surface area (Å²) in [5.41, 5.74) is 2.85. The van der Waals surface area contributed by atoms with Crippen LogP contribution in [0.15, 0.2) is 12.3 Å². The minimum Gasteiger partial charge on any atom is -0.496 e. The van der Waals surface area contributed by atoms with E-state index in [-0.39, 0.29) is 6.61 Å². The summed E-state index contributed by atoms with van der Waals surface area (Å²) in [6, 6.07) is 0. The molecule has 0 aromatic carbocycles. The number of methoxy groups -OCH3 is 1. The number of ether oxygens (including phenoxy) is 1. The van der Waals surface area contributed by atoms with Crippen molar-refractivity contribution in [1.82, 2.24) is 4.98 Å². The summed E-state index contributed by atoms with van der Waals surface area (Å²) < 4.78 is 5.26. The fourth-order valence-corrected chi connectivity index (χ4v) is 1.38. The van der Waals surface area contributed by atoms with E-state index in [4.69, 9.17) is 9.84 Å². The average Bonchev–Trinajstić information content (AvgIpc) is 2.18. The van der Waals surface area contributed by atoms with Gasteiger partial charge in [0.05, 0.1) is 19.4 Å². The fraction of sp³-hybridized carbons (Fsp3) is 0.364. The van der Waals surface area contributed by atoms with Crippen LogP contribution in [-0.4, -0.2) is 23.8 Å². The van der Waals surface area contributed by atoms with Crippen LogP contribution in [0, 0.1) is 13.8 Å². The predicted molar refractivity (Wildman–Crippen MR) is 56.4 cm³/mol. The Morgan fingerprint density at radius 2 is 2.21 bits per heavy atom. The molecule has 0 aliphatic carbocycles. The van der Waals surface area contributed by atoms with Crippen LogP contribution in [-0.2, 0) is 0 Å². The molecule has 0 aliphatic rings. The number of nitrogens with zero attached hydrogens (tertiary/aromatic N) is 1. The van der Waals surface area contributed by atoms with Crippen molar-refractivity contribution in [3.05, 3.63) is 29.1 Å². The molecule has 76 valence electrons. The molecule has 0 radical (unpaired) electrons. The van der Waals surface area contributed by atoms with Crippen LogP contribution in [0.5, 0.6) is 5.75 Å². The molecule has 3 nitrogen and oxygen atoms in total. The van der Waals surface area contributed by atoms with Gasteiger partial charge in [0.2, 0.25) is 0 Å². The SMILES string of the molecule is COc1c(C)cnc(C=CCO)c1C. The Kier molecular flexibility index (Phi) is 3.65. The number of aliphatic hydroxyl groups excluding tert-OH is 1. The Morgan fingerprint density at radius 3 is 2.79 bits per heavy atom. The lowest BCUT2D eigenvalue weighted by Gasteiger charge is -2.09. The van der Waals surface area contributed by atoms with Crippen LogP contribution >= 0.6 is 0 Å². The number of rotatable bonds is 3. The van der Waals surface area contributed by atoms with Crippen molar-refractivity contribution in [2.75, 3.05) is 13.7 Å². The molecule has 0 aliphatic heterocycles. The van der Waals surface area contributed by atoms with Crippen LogP contribution in [0.4, 0.5) is 0 Å². The van der Waals surface area contributed by atoms with Gasteiger partial charge in [0.1, 0.15) is 5.75 Å². The number of aryl methyl sites for hydroxylation is 1. The molecule has 1 rings (SSSR count). The largest absolute Gasteiger partial charge is 0.496 e. The Hall–Kier alpha value is -1.35. The monoisotopic (exact) mass is 193 g/mol. The van der Waals surface area contributed by atoms with Gasteiger partial charge in [-0.2, -0.15) is 0 Å². The number of aromatic nitrogens is 1. The van der Waals surface area contributed by atoms with Crippen molar-refractivity contribution in [1.29, 1.82) is 0 Å². The van der Waals surface area contributed by atoms with Crippen molar-refractivity contribution in [2.45, 2.75) is 13.8 Å². The minimum absolute atomic E-state index is 0.0251. The number of aliphatic hydroxyl groups is 1. The molecule has 1 aromatic heterocycles. The minimum atomic E-state index is 0.0251. The topological polar surface area (TPSA) is 42.4 Å². The summed E-state index contributed by atoms with van der Waals surface area (Å²) in [6.45, 7) is 3.94. The van der Waals surface area contributed by atoms with E-state index < -0.39 is 0 Å². The molecular formula is C11H15NO2. The molecule has 0 fully saturated rings. The lowest BCUT2D eigenvalue weighted by molar-refractivity contribution is 0.343. The molecule has 0 amide bonds. The van der Waals surface area contributed by atoms with Gasteiger partial charge < -0.3 is 9.84 Å². The van der Waals surface area contributed by atoms with Crippen LogP contribution in [0.25, 0.3) is 6.08 Å². The molecule has 1 N–H and O–H groups in total. The quantitative estimate of drug-likeness (QED) is 0.794. The summed E-state index contributed by atoms with van der Waals surface area (Å²) in [5.74, 6) is 0.859. The zero-order valence-electron chi connectivity index (χ0n) is 8.74. The third-order valence-corrected chi connectivity index (χ3v) is 2.07. The standard InChI is InChI=1S/C11H15NO2/c1-8-7-12-10(5-4-6-13)9(2)11(8)14-3/h4-5,7,13H,6H2,1-3H3. The molecule has 14 heavy (non-hydrogen) atoms. The Balaban J connectivity index is 3.14. The van der Waals surface area contributed by atoms with E-state index in [1.807, 2.05) is 13.8 Å². The normalized spacial score (nSPS) is 10.9. The maximum atomic E-state index is 8.65. The van der Waals surface area contributed by atoms with Gasteiger partial charge >= 0.3 is 0 Å². The highest BCUT2D eigenvalue weighted by Crippen LogP contribution is 2.24. The van der Waals surface area contributed by atoms with Crippen LogP contribution < -0.4 is 4.74 Å². The van der Waals surface area contributed by atoms with Crippen molar-refractivity contribution < 1.29 is 9.84 Å². The molecular weight excluding hydrogens is 178 g/mol. The average molecular weight is 193 g/mol. The van der Waals surface area contributed by atoms with E-state index >= 15 is 0 Å². The lowest BCUT2D eigenvalue weighted by atomic mass is 10.1. The number of hydrogen-bond acceptors (Lipinski definition) is 3. The maximum Gasteiger partial charge on any atom is 0.128 e. The highest BCUT2D eigenvalue weighted by molar-refractivity contribution is 5.55. The van der Waals surface area contributed by atoms with Gasteiger partial charge in [0.15, 0.2) is 0 Å². The highest BCUT2D eigenvalue weighted by Gasteiger charge is 2.06. The fourth-order valence-electron chi connectivity index (χ4n) is 1.38. The molecule has 0 spiro atoms. The van der Waals surface area contributed by atoms with Crippen molar-refractivity contribution in [3.8, 4) is 5.75 Å². The van der Waals surface area contributed by atoms with E-state index in [0.29, 0.717) is 0 Å². The van der Waals surface area contributed by atoms with Gasteiger partial charge in [0.25, 0.3) is 0 Å². The summed E-state index contributed by atoms with van der Waals surface area (Å²) in [4.78, 5) is 4.25. The summed E-state index contributed by atoms with van der Waals surface area (Å²) >= 11 is 0. The molecule has 3 heteroatoms. The maximum absolute atomic E-state index is 8.65. The second kappa shape index (κ2) is 4.77. The Labute approximate surface area is 84.1 Å². The van der Waals surface area contributed by atoms with Gasteiger partial charge in [-0.3, -0.25) is 4.98 Å². The van der Waals surface area contributed by atoms with Gasteiger partial charge in [-0.25, -0.2) is 0 Å². The molecule has 1 aromatic rings. The lowest BCUT2D eigenvalue weighted by Crippen LogP contribution is -1.96. The smallest absolute Gasteiger partial charge is 0.128 e. The number of pyridine rings is 1. The van der Waals surface area contributed by atoms with Gasteiger partial charge in [-0.05, 0) is 19.9 Å². The second-order valence-corrected chi connectivity index (χ2v) is 3.07. The second-order valence-electron chi connectivity index (χ2n) is 3.07. The first-order valence-electron chi connectivity index (χ1n) is 4.48. The summed E-state index contributed by atoms with van der Waals surface area (Å²) in [5, 5.41) is 8.65. The van der Waals surface area contributed by atoms with E-state index in [2.05, 4.69) is 4.98 Å². The van der Waals surface area contributed by atoms with Crippen molar-refractivity contribution in [2.24, 2.45) is 0 Å². The first-order valence-corrected chi connectivity index (χ1v) is 4.48. The molecule has 0 bridgehead atoms.